The zero-order valence-corrected chi connectivity index (χ0v) is 19.3. The summed E-state index contributed by atoms with van der Waals surface area (Å²) >= 11 is 1.43. The highest BCUT2D eigenvalue weighted by Gasteiger charge is 2.27. The highest BCUT2D eigenvalue weighted by atomic mass is 32.2. The number of carboxylic acid groups (broad SMARTS) is 1. The average molecular weight is 453 g/mol. The van der Waals surface area contributed by atoms with Crippen molar-refractivity contribution < 1.29 is 19.5 Å². The van der Waals surface area contributed by atoms with Crippen molar-refractivity contribution in [1.82, 2.24) is 10.2 Å². The summed E-state index contributed by atoms with van der Waals surface area (Å²) in [7, 11) is 0. The number of hydrogen-bond acceptors (Lipinski definition) is 4. The summed E-state index contributed by atoms with van der Waals surface area (Å²) in [4.78, 5) is 38.5. The van der Waals surface area contributed by atoms with E-state index >= 15 is 0 Å². The van der Waals surface area contributed by atoms with Crippen molar-refractivity contribution in [3.63, 3.8) is 0 Å². The van der Waals surface area contributed by atoms with Gasteiger partial charge in [-0.2, -0.15) is 11.8 Å². The Bertz CT molecular complexity index is 996. The molecule has 0 unspecified atom stereocenters. The second-order valence-electron chi connectivity index (χ2n) is 7.38. The Morgan fingerprint density at radius 1 is 1.03 bits per heavy atom. The van der Waals surface area contributed by atoms with Gasteiger partial charge in [-0.25, -0.2) is 9.59 Å². The minimum Gasteiger partial charge on any atom is -0.480 e. The molecule has 0 aliphatic carbocycles. The molecule has 0 saturated carbocycles. The number of imide groups is 1. The Kier molecular flexibility index (Phi) is 9.83. The molecule has 2 aromatic carbocycles. The van der Waals surface area contributed by atoms with Crippen LogP contribution in [0.3, 0.4) is 0 Å². The van der Waals surface area contributed by atoms with Gasteiger partial charge in [-0.1, -0.05) is 56.9 Å². The lowest BCUT2D eigenvalue weighted by Crippen LogP contribution is -2.51. The smallest absolute Gasteiger partial charge is 0.327 e. The molecule has 7 heteroatoms. The predicted molar refractivity (Wildman–Crippen MR) is 128 cm³/mol. The van der Waals surface area contributed by atoms with Gasteiger partial charge in [0.05, 0.1) is 0 Å². The Morgan fingerprint density at radius 3 is 2.31 bits per heavy atom. The summed E-state index contributed by atoms with van der Waals surface area (Å²) < 4.78 is 0. The molecular formula is C25H28N2O4S. The number of urea groups is 1. The molecular weight excluding hydrogens is 424 g/mol. The number of benzene rings is 2. The fourth-order valence-corrected chi connectivity index (χ4v) is 3.56. The minimum absolute atomic E-state index is 0.175. The molecule has 0 spiro atoms. The SMILES string of the molecule is CCCN(C(=O)N[C@@H](CSC(C)C)C(=O)O)C(=O)c1cccc(C#Cc2ccccc2)c1. The van der Waals surface area contributed by atoms with Crippen LogP contribution in [0.25, 0.3) is 0 Å². The van der Waals surface area contributed by atoms with Crippen molar-refractivity contribution in [2.75, 3.05) is 12.3 Å². The number of carbonyl (C=O) groups excluding carboxylic acids is 2. The number of rotatable bonds is 8. The molecule has 6 nitrogen and oxygen atoms in total. The van der Waals surface area contributed by atoms with E-state index in [4.69, 9.17) is 0 Å². The van der Waals surface area contributed by atoms with E-state index in [1.54, 1.807) is 24.3 Å². The van der Waals surface area contributed by atoms with Crippen LogP contribution in [0, 0.1) is 11.8 Å². The van der Waals surface area contributed by atoms with Gasteiger partial charge < -0.3 is 10.4 Å². The molecule has 2 aromatic rings. The van der Waals surface area contributed by atoms with Gasteiger partial charge in [0, 0.05) is 29.0 Å². The van der Waals surface area contributed by atoms with Crippen LogP contribution in [0.2, 0.25) is 0 Å². The van der Waals surface area contributed by atoms with Crippen LogP contribution in [-0.2, 0) is 4.79 Å². The topological polar surface area (TPSA) is 86.7 Å². The molecule has 0 bridgehead atoms. The van der Waals surface area contributed by atoms with Crippen LogP contribution in [0.5, 0.6) is 0 Å². The van der Waals surface area contributed by atoms with Gasteiger partial charge in [0.2, 0.25) is 0 Å². The van der Waals surface area contributed by atoms with Crippen LogP contribution in [0.15, 0.2) is 54.6 Å². The van der Waals surface area contributed by atoms with Gasteiger partial charge in [-0.3, -0.25) is 9.69 Å². The molecule has 3 amide bonds. The van der Waals surface area contributed by atoms with E-state index in [0.29, 0.717) is 17.5 Å². The minimum atomic E-state index is -1.13. The predicted octanol–water partition coefficient (Wildman–Crippen LogP) is 4.24. The van der Waals surface area contributed by atoms with Gasteiger partial charge in [0.25, 0.3) is 5.91 Å². The van der Waals surface area contributed by atoms with Crippen molar-refractivity contribution >= 4 is 29.7 Å². The normalized spacial score (nSPS) is 11.2. The molecule has 168 valence electrons. The molecule has 0 saturated heterocycles. The number of amides is 3. The molecule has 0 aliphatic rings. The summed E-state index contributed by atoms with van der Waals surface area (Å²) in [5.74, 6) is 4.67. The van der Waals surface area contributed by atoms with Crippen molar-refractivity contribution in [3.05, 3.63) is 71.3 Å². The Balaban J connectivity index is 2.19. The molecule has 1 atom stereocenters. The zero-order valence-electron chi connectivity index (χ0n) is 18.5. The van der Waals surface area contributed by atoms with Crippen molar-refractivity contribution in [1.29, 1.82) is 0 Å². The maximum Gasteiger partial charge on any atom is 0.327 e. The van der Waals surface area contributed by atoms with Crippen molar-refractivity contribution in [3.8, 4) is 11.8 Å². The third-order valence-corrected chi connectivity index (χ3v) is 5.56. The lowest BCUT2D eigenvalue weighted by molar-refractivity contribution is -0.138. The highest BCUT2D eigenvalue weighted by molar-refractivity contribution is 7.99. The van der Waals surface area contributed by atoms with Crippen molar-refractivity contribution in [2.24, 2.45) is 0 Å². The van der Waals surface area contributed by atoms with E-state index in [-0.39, 0.29) is 17.5 Å². The first-order valence-corrected chi connectivity index (χ1v) is 11.5. The maximum absolute atomic E-state index is 13.1. The number of aliphatic carboxylic acids is 1. The van der Waals surface area contributed by atoms with Crippen LogP contribution < -0.4 is 5.32 Å². The summed E-state index contributed by atoms with van der Waals surface area (Å²) in [5, 5.41) is 12.2. The summed E-state index contributed by atoms with van der Waals surface area (Å²) in [5.41, 5.74) is 1.82. The van der Waals surface area contributed by atoms with Gasteiger partial charge in [0.1, 0.15) is 6.04 Å². The third kappa shape index (κ3) is 7.78. The molecule has 2 N–H and O–H groups in total. The monoisotopic (exact) mass is 452 g/mol. The van der Waals surface area contributed by atoms with E-state index in [0.717, 1.165) is 10.5 Å². The quantitative estimate of drug-likeness (QED) is 0.585. The number of carbonyl (C=O) groups is 3. The Hall–Kier alpha value is -3.24. The van der Waals surface area contributed by atoms with Crippen LogP contribution in [0.1, 0.15) is 48.7 Å². The molecule has 32 heavy (non-hydrogen) atoms. The molecule has 2 rings (SSSR count). The van der Waals surface area contributed by atoms with E-state index < -0.39 is 23.9 Å². The average Bonchev–Trinajstić information content (AvgIpc) is 2.78. The fourth-order valence-electron chi connectivity index (χ4n) is 2.76. The maximum atomic E-state index is 13.1. The first-order valence-electron chi connectivity index (χ1n) is 10.5. The third-order valence-electron chi connectivity index (χ3n) is 4.36. The Morgan fingerprint density at radius 2 is 1.69 bits per heavy atom. The van der Waals surface area contributed by atoms with E-state index in [2.05, 4.69) is 17.2 Å². The second kappa shape index (κ2) is 12.6. The highest BCUT2D eigenvalue weighted by Crippen LogP contribution is 2.13. The largest absolute Gasteiger partial charge is 0.480 e. The lowest BCUT2D eigenvalue weighted by Gasteiger charge is -2.23. The summed E-state index contributed by atoms with van der Waals surface area (Å²) in [6.07, 6.45) is 0.547. The summed E-state index contributed by atoms with van der Waals surface area (Å²) in [6.45, 7) is 5.92. The Labute approximate surface area is 193 Å². The molecule has 0 aliphatic heterocycles. The van der Waals surface area contributed by atoms with Crippen molar-refractivity contribution in [2.45, 2.75) is 38.5 Å². The van der Waals surface area contributed by atoms with E-state index in [1.807, 2.05) is 51.1 Å². The second-order valence-corrected chi connectivity index (χ2v) is 8.99. The van der Waals surface area contributed by atoms with E-state index in [9.17, 15) is 19.5 Å². The van der Waals surface area contributed by atoms with Gasteiger partial charge in [-0.05, 0) is 42.0 Å². The first kappa shape index (κ1) is 25.0. The number of nitrogens with one attached hydrogen (secondary N) is 1. The van der Waals surface area contributed by atoms with Gasteiger partial charge >= 0.3 is 12.0 Å². The van der Waals surface area contributed by atoms with Gasteiger partial charge in [0.15, 0.2) is 0 Å². The van der Waals surface area contributed by atoms with E-state index in [1.165, 1.54) is 11.8 Å². The standard InChI is InChI=1S/C25H28N2O4S/c1-4-15-27(25(31)26-22(24(29)30)17-32-18(2)3)23(28)21-12-8-11-20(16-21)14-13-19-9-6-5-7-10-19/h5-12,16,18,22H,4,15,17H2,1-3H3,(H,26,31)(H,29,30)/t22-/m0/s1. The number of thioether (sulfide) groups is 1. The molecule has 0 aromatic heterocycles. The number of nitrogens with zero attached hydrogens (tertiary/aromatic N) is 1. The van der Waals surface area contributed by atoms with Gasteiger partial charge in [-0.15, -0.1) is 0 Å². The molecule has 0 radical (unpaired) electrons. The zero-order chi connectivity index (χ0) is 23.5. The summed E-state index contributed by atoms with van der Waals surface area (Å²) in [6, 6.07) is 14.5. The van der Waals surface area contributed by atoms with Crippen LogP contribution >= 0.6 is 11.8 Å². The number of hydrogen-bond donors (Lipinski definition) is 2. The first-order chi connectivity index (χ1) is 15.3. The molecule has 0 heterocycles. The fraction of sp³-hybridized carbons (Fsp3) is 0.320. The molecule has 0 fully saturated rings. The van der Waals surface area contributed by atoms with Crippen LogP contribution in [0.4, 0.5) is 4.79 Å². The van der Waals surface area contributed by atoms with Crippen LogP contribution in [-0.4, -0.2) is 51.5 Å². The lowest BCUT2D eigenvalue weighted by atomic mass is 10.1. The number of carboxylic acids is 1.